The lowest BCUT2D eigenvalue weighted by atomic mass is 9.86. The summed E-state index contributed by atoms with van der Waals surface area (Å²) in [6.07, 6.45) is 3.74. The lowest BCUT2D eigenvalue weighted by Gasteiger charge is -2.27. The van der Waals surface area contributed by atoms with Crippen LogP contribution in [0.3, 0.4) is 0 Å². The maximum atomic E-state index is 13.5. The van der Waals surface area contributed by atoms with Crippen molar-refractivity contribution in [1.29, 1.82) is 0 Å². The molecule has 0 saturated carbocycles. The number of carbonyl (C=O) groups excluding carboxylic acids is 1. The highest BCUT2D eigenvalue weighted by molar-refractivity contribution is 8.00. The van der Waals surface area contributed by atoms with Crippen LogP contribution in [-0.4, -0.2) is 33.5 Å². The largest absolute Gasteiger partial charge is 0.356 e. The van der Waals surface area contributed by atoms with Crippen LogP contribution in [-0.2, 0) is 22.6 Å². The van der Waals surface area contributed by atoms with Crippen LogP contribution >= 0.6 is 23.4 Å². The summed E-state index contributed by atoms with van der Waals surface area (Å²) in [5.74, 6) is 0.435. The van der Waals surface area contributed by atoms with Gasteiger partial charge in [0.15, 0.2) is 0 Å². The Morgan fingerprint density at radius 1 is 1.05 bits per heavy atom. The van der Waals surface area contributed by atoms with E-state index in [9.17, 15) is 14.9 Å². The molecule has 3 rings (SSSR count). The maximum Gasteiger partial charge on any atom is 0.294 e. The number of fused-ring (bicyclic) bond motifs is 1. The van der Waals surface area contributed by atoms with E-state index in [0.717, 1.165) is 24.8 Å². The van der Waals surface area contributed by atoms with Crippen molar-refractivity contribution in [2.24, 2.45) is 5.41 Å². The summed E-state index contributed by atoms with van der Waals surface area (Å²) in [6, 6.07) is 14.8. The second kappa shape index (κ2) is 14.6. The van der Waals surface area contributed by atoms with Crippen LogP contribution in [0.1, 0.15) is 96.9 Å². The van der Waals surface area contributed by atoms with E-state index in [2.05, 4.69) is 79.7 Å². The molecule has 0 fully saturated rings. The van der Waals surface area contributed by atoms with Gasteiger partial charge in [-0.05, 0) is 54.2 Å². The first-order chi connectivity index (χ1) is 19.7. The second-order valence-electron chi connectivity index (χ2n) is 12.9. The summed E-state index contributed by atoms with van der Waals surface area (Å²) in [4.78, 5) is 29.4. The molecule has 1 heterocycles. The van der Waals surface area contributed by atoms with E-state index in [4.69, 9.17) is 11.6 Å². The van der Waals surface area contributed by atoms with E-state index in [1.165, 1.54) is 27.1 Å². The summed E-state index contributed by atoms with van der Waals surface area (Å²) >= 11 is 8.07. The van der Waals surface area contributed by atoms with Crippen molar-refractivity contribution in [3.05, 3.63) is 74.4 Å². The average molecular weight is 616 g/mol. The van der Waals surface area contributed by atoms with Crippen molar-refractivity contribution in [1.82, 2.24) is 9.88 Å². The molecule has 1 N–H and O–H groups in total. The summed E-state index contributed by atoms with van der Waals surface area (Å²) in [5.41, 5.74) is 4.17. The molecule has 0 aliphatic heterocycles. The number of aromatic nitrogens is 1. The topological polar surface area (TPSA) is 86.4 Å². The third-order valence-electron chi connectivity index (χ3n) is 7.25. The zero-order chi connectivity index (χ0) is 31.1. The zero-order valence-corrected chi connectivity index (χ0v) is 27.7. The third-order valence-corrected chi connectivity index (χ3v) is 8.77. The first-order valence-corrected chi connectivity index (χ1v) is 16.0. The molecule has 0 aliphatic rings. The number of hydrogen-bond acceptors (Lipinski definition) is 5. The smallest absolute Gasteiger partial charge is 0.294 e. The highest BCUT2D eigenvalue weighted by Gasteiger charge is 2.33. The van der Waals surface area contributed by atoms with Gasteiger partial charge in [0.25, 0.3) is 5.09 Å². The normalized spacial score (nSPS) is 12.2. The molecule has 0 aliphatic carbocycles. The third kappa shape index (κ3) is 9.66. The Labute approximate surface area is 259 Å². The fourth-order valence-corrected chi connectivity index (χ4v) is 6.27. The van der Waals surface area contributed by atoms with Crippen LogP contribution < -0.4 is 5.32 Å². The average Bonchev–Trinajstić information content (AvgIpc) is 3.16. The van der Waals surface area contributed by atoms with Gasteiger partial charge in [-0.1, -0.05) is 91.1 Å². The van der Waals surface area contributed by atoms with E-state index >= 15 is 0 Å². The van der Waals surface area contributed by atoms with Gasteiger partial charge in [-0.15, -0.1) is 21.9 Å². The Morgan fingerprint density at radius 3 is 2.33 bits per heavy atom. The maximum absolute atomic E-state index is 13.5. The Bertz CT molecular complexity index is 1360. The summed E-state index contributed by atoms with van der Waals surface area (Å²) in [7, 11) is 0. The van der Waals surface area contributed by atoms with Gasteiger partial charge in [0.05, 0.1) is 6.61 Å². The van der Waals surface area contributed by atoms with Gasteiger partial charge in [0.1, 0.15) is 0 Å². The number of thioether (sulfide) groups is 1. The van der Waals surface area contributed by atoms with Gasteiger partial charge in [-0.2, -0.15) is 0 Å². The monoisotopic (exact) mass is 615 g/mol. The van der Waals surface area contributed by atoms with Gasteiger partial charge in [-0.25, -0.2) is 0 Å². The number of halogens is 1. The van der Waals surface area contributed by atoms with Gasteiger partial charge < -0.3 is 14.7 Å². The van der Waals surface area contributed by atoms with E-state index in [1.807, 2.05) is 37.7 Å². The predicted molar refractivity (Wildman–Crippen MR) is 174 cm³/mol. The molecule has 230 valence electrons. The molecule has 42 heavy (non-hydrogen) atoms. The minimum atomic E-state index is -0.758. The van der Waals surface area contributed by atoms with Crippen LogP contribution in [0.5, 0.6) is 0 Å². The number of carbonyl (C=O) groups is 1. The quantitative estimate of drug-likeness (QED) is 0.0799. The lowest BCUT2D eigenvalue weighted by molar-refractivity contribution is -0.757. The van der Waals surface area contributed by atoms with Crippen molar-refractivity contribution in [2.45, 2.75) is 103 Å². The molecule has 0 spiro atoms. The standard InChI is InChI=1S/C33H46ClN3O4S/c1-23(2)25-14-17-28-27(20-25)30(42-32(3,4)5)29(36(28)22-24-12-15-26(34)16-13-24)21-33(6,7)31(38)35-18-10-8-9-11-19-41-37(39)40/h12-17,20,23H,8-11,18-19,21-22H2,1-7H3,(H,35,38). The number of nitrogens with zero attached hydrogens (tertiary/aromatic N) is 2. The lowest BCUT2D eigenvalue weighted by Crippen LogP contribution is -2.39. The zero-order valence-electron chi connectivity index (χ0n) is 26.1. The van der Waals surface area contributed by atoms with Crippen LogP contribution in [0.25, 0.3) is 10.9 Å². The number of rotatable bonds is 15. The van der Waals surface area contributed by atoms with Crippen molar-refractivity contribution in [2.75, 3.05) is 13.2 Å². The number of hydrogen-bond donors (Lipinski definition) is 1. The summed E-state index contributed by atoms with van der Waals surface area (Å²) in [6.45, 7) is 16.6. The number of amides is 1. The minimum absolute atomic E-state index is 0.0148. The SMILES string of the molecule is CC(C)c1ccc2c(c1)c(SC(C)(C)C)c(CC(C)(C)C(=O)NCCCCCCO[N+](=O)[O-])n2Cc1ccc(Cl)cc1. The van der Waals surface area contributed by atoms with Crippen LogP contribution in [0.4, 0.5) is 0 Å². The van der Waals surface area contributed by atoms with Gasteiger partial charge in [0.2, 0.25) is 5.91 Å². The molecular formula is C33H46ClN3O4S. The molecule has 1 aromatic heterocycles. The Kier molecular flexibility index (Phi) is 11.8. The number of unbranched alkanes of at least 4 members (excludes halogenated alkanes) is 3. The summed E-state index contributed by atoms with van der Waals surface area (Å²) < 4.78 is 2.37. The molecule has 1 amide bonds. The molecular weight excluding hydrogens is 570 g/mol. The minimum Gasteiger partial charge on any atom is -0.356 e. The van der Waals surface area contributed by atoms with Crippen molar-refractivity contribution in [3.63, 3.8) is 0 Å². The summed E-state index contributed by atoms with van der Waals surface area (Å²) in [5, 5.41) is 14.6. The van der Waals surface area contributed by atoms with Crippen molar-refractivity contribution in [3.8, 4) is 0 Å². The molecule has 0 atom stereocenters. The first kappa shape index (κ1) is 33.8. The molecule has 2 aromatic carbocycles. The van der Waals surface area contributed by atoms with Gasteiger partial charge >= 0.3 is 0 Å². The number of nitrogens with one attached hydrogen (secondary N) is 1. The molecule has 0 bridgehead atoms. The highest BCUT2D eigenvalue weighted by Crippen LogP contribution is 2.44. The Morgan fingerprint density at radius 2 is 1.71 bits per heavy atom. The first-order valence-electron chi connectivity index (χ1n) is 14.8. The Hall–Kier alpha value is -2.71. The highest BCUT2D eigenvalue weighted by atomic mass is 35.5. The van der Waals surface area contributed by atoms with Crippen LogP contribution in [0.2, 0.25) is 5.02 Å². The van der Waals surface area contributed by atoms with E-state index < -0.39 is 10.5 Å². The van der Waals surface area contributed by atoms with E-state index in [1.54, 1.807) is 0 Å². The van der Waals surface area contributed by atoms with Gasteiger partial charge in [0, 0.05) is 56.2 Å². The number of benzene rings is 2. The fourth-order valence-electron chi connectivity index (χ4n) is 4.96. The van der Waals surface area contributed by atoms with Crippen LogP contribution in [0, 0.1) is 15.5 Å². The van der Waals surface area contributed by atoms with Crippen molar-refractivity contribution < 1.29 is 14.7 Å². The molecule has 0 unspecified atom stereocenters. The fraction of sp³-hybridized carbons (Fsp3) is 0.545. The second-order valence-corrected chi connectivity index (χ2v) is 15.2. The predicted octanol–water partition coefficient (Wildman–Crippen LogP) is 8.81. The molecule has 9 heteroatoms. The molecule has 0 saturated heterocycles. The van der Waals surface area contributed by atoms with Crippen LogP contribution in [0.15, 0.2) is 47.4 Å². The molecule has 7 nitrogen and oxygen atoms in total. The van der Waals surface area contributed by atoms with E-state index in [0.29, 0.717) is 36.9 Å². The van der Waals surface area contributed by atoms with Gasteiger partial charge in [-0.3, -0.25) is 4.79 Å². The van der Waals surface area contributed by atoms with Crippen molar-refractivity contribution >= 4 is 40.2 Å². The molecule has 3 aromatic rings. The Balaban J connectivity index is 1.90. The molecule has 0 radical (unpaired) electrons. The van der Waals surface area contributed by atoms with E-state index in [-0.39, 0.29) is 17.3 Å².